The number of nitrogens with zero attached hydrogens (tertiary/aromatic N) is 1. The largest absolute Gasteiger partial charge is 0.316 e. The van der Waals surface area contributed by atoms with E-state index in [1.165, 1.54) is 31.6 Å². The first kappa shape index (κ1) is 14.5. The van der Waals surface area contributed by atoms with E-state index in [1.807, 2.05) is 0 Å². The average Bonchev–Trinajstić information content (AvgIpc) is 2.76. The van der Waals surface area contributed by atoms with Crippen molar-refractivity contribution in [2.24, 2.45) is 11.3 Å². The summed E-state index contributed by atoms with van der Waals surface area (Å²) in [4.78, 5) is 2.63. The van der Waals surface area contributed by atoms with Gasteiger partial charge >= 0.3 is 0 Å². The van der Waals surface area contributed by atoms with Crippen LogP contribution in [0.15, 0.2) is 30.3 Å². The van der Waals surface area contributed by atoms with Gasteiger partial charge < -0.3 is 5.32 Å². The first-order valence-corrected chi connectivity index (χ1v) is 7.54. The second-order valence-electron chi connectivity index (χ2n) is 6.79. The van der Waals surface area contributed by atoms with Gasteiger partial charge in [0.25, 0.3) is 0 Å². The van der Waals surface area contributed by atoms with Crippen molar-refractivity contribution in [1.29, 1.82) is 0 Å². The summed E-state index contributed by atoms with van der Waals surface area (Å²) in [6, 6.07) is 10.9. The van der Waals surface area contributed by atoms with E-state index in [1.54, 1.807) is 0 Å². The third-order valence-corrected chi connectivity index (χ3v) is 3.93. The highest BCUT2D eigenvalue weighted by atomic mass is 15.1. The molecule has 1 heterocycles. The molecule has 0 spiro atoms. The van der Waals surface area contributed by atoms with E-state index in [4.69, 9.17) is 0 Å². The molecule has 1 saturated heterocycles. The second-order valence-corrected chi connectivity index (χ2v) is 6.79. The number of benzene rings is 1. The van der Waals surface area contributed by atoms with Gasteiger partial charge in [0, 0.05) is 26.2 Å². The van der Waals surface area contributed by atoms with Crippen molar-refractivity contribution < 1.29 is 0 Å². The molecular formula is C17H28N2. The zero-order valence-electron chi connectivity index (χ0n) is 12.7. The molecule has 1 aromatic carbocycles. The van der Waals surface area contributed by atoms with Gasteiger partial charge in [0.05, 0.1) is 0 Å². The van der Waals surface area contributed by atoms with E-state index in [-0.39, 0.29) is 0 Å². The molecule has 19 heavy (non-hydrogen) atoms. The summed E-state index contributed by atoms with van der Waals surface area (Å²) in [5.41, 5.74) is 1.88. The second kappa shape index (κ2) is 6.53. The minimum Gasteiger partial charge on any atom is -0.316 e. The monoisotopic (exact) mass is 260 g/mol. The van der Waals surface area contributed by atoms with Crippen LogP contribution in [-0.2, 0) is 6.54 Å². The third kappa shape index (κ3) is 4.63. The van der Waals surface area contributed by atoms with Crippen molar-refractivity contribution in [1.82, 2.24) is 10.2 Å². The Morgan fingerprint density at radius 1 is 1.26 bits per heavy atom. The number of rotatable bonds is 6. The van der Waals surface area contributed by atoms with Gasteiger partial charge in [-0.2, -0.15) is 0 Å². The molecule has 0 bridgehead atoms. The molecule has 1 atom stereocenters. The van der Waals surface area contributed by atoms with Gasteiger partial charge in [-0.05, 0) is 29.9 Å². The van der Waals surface area contributed by atoms with Crippen molar-refractivity contribution in [3.8, 4) is 0 Å². The van der Waals surface area contributed by atoms with Crippen molar-refractivity contribution in [3.63, 3.8) is 0 Å². The Kier molecular flexibility index (Phi) is 5.00. The Hall–Kier alpha value is -0.860. The first-order valence-electron chi connectivity index (χ1n) is 7.54. The van der Waals surface area contributed by atoms with E-state index in [0.717, 1.165) is 19.0 Å². The minimum absolute atomic E-state index is 0.448. The summed E-state index contributed by atoms with van der Waals surface area (Å²) >= 11 is 0. The number of nitrogens with one attached hydrogen (secondary N) is 1. The SMILES string of the molecule is CC(C)CN(Cc1ccccc1)CC1(C)CCNC1. The Morgan fingerprint density at radius 2 is 2.00 bits per heavy atom. The lowest BCUT2D eigenvalue weighted by molar-refractivity contribution is 0.155. The molecule has 2 rings (SSSR count). The van der Waals surface area contributed by atoms with Crippen molar-refractivity contribution >= 4 is 0 Å². The molecule has 1 aliphatic heterocycles. The van der Waals surface area contributed by atoms with Gasteiger partial charge in [0.15, 0.2) is 0 Å². The van der Waals surface area contributed by atoms with Crippen LogP contribution < -0.4 is 5.32 Å². The van der Waals surface area contributed by atoms with Crippen LogP contribution in [0.4, 0.5) is 0 Å². The Labute approximate surface area is 118 Å². The van der Waals surface area contributed by atoms with Crippen molar-refractivity contribution in [2.45, 2.75) is 33.7 Å². The molecule has 1 N–H and O–H groups in total. The van der Waals surface area contributed by atoms with Crippen molar-refractivity contribution in [2.75, 3.05) is 26.2 Å². The van der Waals surface area contributed by atoms with Crippen LogP contribution >= 0.6 is 0 Å². The van der Waals surface area contributed by atoms with E-state index in [2.05, 4.69) is 61.3 Å². The zero-order chi connectivity index (χ0) is 13.7. The van der Waals surface area contributed by atoms with Gasteiger partial charge in [0.1, 0.15) is 0 Å². The topological polar surface area (TPSA) is 15.3 Å². The summed E-state index contributed by atoms with van der Waals surface area (Å²) in [6.45, 7) is 12.9. The molecule has 2 heteroatoms. The smallest absolute Gasteiger partial charge is 0.0234 e. The predicted molar refractivity (Wildman–Crippen MR) is 82.2 cm³/mol. The molecule has 0 aromatic heterocycles. The molecule has 1 aromatic rings. The fourth-order valence-electron chi connectivity index (χ4n) is 3.09. The Morgan fingerprint density at radius 3 is 2.58 bits per heavy atom. The molecule has 0 aliphatic carbocycles. The molecule has 106 valence electrons. The number of hydrogen-bond donors (Lipinski definition) is 1. The quantitative estimate of drug-likeness (QED) is 0.845. The molecular weight excluding hydrogens is 232 g/mol. The molecule has 1 fully saturated rings. The summed E-state index contributed by atoms with van der Waals surface area (Å²) in [7, 11) is 0. The molecule has 0 amide bonds. The van der Waals surface area contributed by atoms with Crippen LogP contribution in [0.5, 0.6) is 0 Å². The summed E-state index contributed by atoms with van der Waals surface area (Å²) in [5, 5.41) is 3.51. The fourth-order valence-corrected chi connectivity index (χ4v) is 3.09. The summed E-state index contributed by atoms with van der Waals surface area (Å²) in [6.07, 6.45) is 1.30. The van der Waals surface area contributed by atoms with Gasteiger partial charge in [-0.3, -0.25) is 4.90 Å². The lowest BCUT2D eigenvalue weighted by Crippen LogP contribution is -2.38. The first-order chi connectivity index (χ1) is 9.07. The maximum Gasteiger partial charge on any atom is 0.0234 e. The molecule has 2 nitrogen and oxygen atoms in total. The zero-order valence-corrected chi connectivity index (χ0v) is 12.7. The van der Waals surface area contributed by atoms with E-state index in [9.17, 15) is 0 Å². The Bertz CT molecular complexity index is 366. The highest BCUT2D eigenvalue weighted by Gasteiger charge is 2.30. The molecule has 0 saturated carbocycles. The van der Waals surface area contributed by atoms with Crippen LogP contribution in [0, 0.1) is 11.3 Å². The lowest BCUT2D eigenvalue weighted by Gasteiger charge is -2.33. The predicted octanol–water partition coefficient (Wildman–Crippen LogP) is 3.14. The molecule has 1 aliphatic rings. The Balaban J connectivity index is 1.99. The molecule has 1 unspecified atom stereocenters. The normalized spacial score (nSPS) is 23.4. The van der Waals surface area contributed by atoms with Gasteiger partial charge in [-0.25, -0.2) is 0 Å². The maximum absolute atomic E-state index is 3.51. The highest BCUT2D eigenvalue weighted by molar-refractivity contribution is 5.14. The maximum atomic E-state index is 3.51. The van der Waals surface area contributed by atoms with Crippen molar-refractivity contribution in [3.05, 3.63) is 35.9 Å². The lowest BCUT2D eigenvalue weighted by atomic mass is 9.88. The van der Waals surface area contributed by atoms with Gasteiger partial charge in [0.2, 0.25) is 0 Å². The van der Waals surface area contributed by atoms with Crippen LogP contribution in [0.2, 0.25) is 0 Å². The average molecular weight is 260 g/mol. The standard InChI is InChI=1S/C17H28N2/c1-15(2)11-19(12-16-7-5-4-6-8-16)14-17(3)9-10-18-13-17/h4-8,15,18H,9-14H2,1-3H3. The van der Waals surface area contributed by atoms with E-state index >= 15 is 0 Å². The third-order valence-electron chi connectivity index (χ3n) is 3.93. The highest BCUT2D eigenvalue weighted by Crippen LogP contribution is 2.26. The minimum atomic E-state index is 0.448. The van der Waals surface area contributed by atoms with Crippen LogP contribution in [0.1, 0.15) is 32.8 Å². The van der Waals surface area contributed by atoms with E-state index < -0.39 is 0 Å². The van der Waals surface area contributed by atoms with Crippen LogP contribution in [0.25, 0.3) is 0 Å². The molecule has 0 radical (unpaired) electrons. The van der Waals surface area contributed by atoms with Gasteiger partial charge in [-0.1, -0.05) is 51.1 Å². The summed E-state index contributed by atoms with van der Waals surface area (Å²) < 4.78 is 0. The number of hydrogen-bond acceptors (Lipinski definition) is 2. The summed E-state index contributed by atoms with van der Waals surface area (Å²) in [5.74, 6) is 0.724. The van der Waals surface area contributed by atoms with E-state index in [0.29, 0.717) is 5.41 Å². The van der Waals surface area contributed by atoms with Crippen LogP contribution in [0.3, 0.4) is 0 Å². The van der Waals surface area contributed by atoms with Crippen LogP contribution in [-0.4, -0.2) is 31.1 Å². The van der Waals surface area contributed by atoms with Gasteiger partial charge in [-0.15, -0.1) is 0 Å². The fraction of sp³-hybridized carbons (Fsp3) is 0.647.